The Morgan fingerprint density at radius 1 is 0.442 bits per heavy atom. The van der Waals surface area contributed by atoms with Crippen LogP contribution in [0.4, 0.5) is 0 Å². The molecule has 0 aromatic heterocycles. The zero-order valence-corrected chi connectivity index (χ0v) is 69.1. The minimum atomic E-state index is -2.26. The molecule has 0 fully saturated rings. The maximum atomic E-state index is 15.2. The van der Waals surface area contributed by atoms with E-state index < -0.39 is 304 Å². The molecule has 14 amide bonds. The summed E-state index contributed by atoms with van der Waals surface area (Å²) in [7, 11) is 0. The highest BCUT2D eigenvalue weighted by Crippen LogP contribution is 2.21. The molecule has 28 N–H and O–H groups in total. The van der Waals surface area contributed by atoms with Gasteiger partial charge in [0.1, 0.15) is 72.5 Å². The summed E-state index contributed by atoms with van der Waals surface area (Å²) >= 11 is 0. The maximum Gasteiger partial charge on any atom is 0.326 e. The molecule has 0 aliphatic heterocycles. The Bertz CT molecular complexity index is 3660. The van der Waals surface area contributed by atoms with E-state index in [1.54, 1.807) is 51.1 Å². The Balaban J connectivity index is 0.0000345. The first kappa shape index (κ1) is 109. The van der Waals surface area contributed by atoms with Crippen LogP contribution in [0.25, 0.3) is 0 Å². The van der Waals surface area contributed by atoms with Crippen molar-refractivity contribution in [3.8, 4) is 0 Å². The molecule has 0 radical (unpaired) electrons. The lowest BCUT2D eigenvalue weighted by molar-refractivity contribution is -0.157. The Labute approximate surface area is 692 Å². The Morgan fingerprint density at radius 2 is 0.833 bits per heavy atom. The summed E-state index contributed by atoms with van der Waals surface area (Å²) in [4.78, 5) is 266. The lowest BCUT2D eigenvalue weighted by Crippen LogP contribution is -2.64. The van der Waals surface area contributed by atoms with Gasteiger partial charge in [-0.3, -0.25) is 96.0 Å². The number of aliphatic hydroxyl groups excluding tert-OH is 3. The minimum absolute atomic E-state index is 0.0533. The number of carboxylic acid groups (broad SMARTS) is 6. The smallest absolute Gasteiger partial charge is 0.326 e. The molecule has 17 unspecified atom stereocenters. The van der Waals surface area contributed by atoms with E-state index in [1.807, 2.05) is 0 Å². The summed E-state index contributed by atoms with van der Waals surface area (Å²) in [6.07, 6.45) is -10.6. The highest BCUT2D eigenvalue weighted by Gasteiger charge is 2.45. The zero-order chi connectivity index (χ0) is 92.3. The molecule has 120 heavy (non-hydrogen) atoms. The molecule has 0 saturated heterocycles. The fraction of sp³-hybridized carbons (Fsp3) is 0.653. The van der Waals surface area contributed by atoms with Crippen molar-refractivity contribution in [3.63, 3.8) is 0 Å². The van der Waals surface area contributed by atoms with Gasteiger partial charge >= 0.3 is 29.8 Å². The van der Waals surface area contributed by atoms with Gasteiger partial charge in [-0.1, -0.05) is 98.6 Å². The summed E-state index contributed by atoms with van der Waals surface area (Å²) in [6.45, 7) is 14.0. The number of aliphatic hydroxyl groups is 3. The van der Waals surface area contributed by atoms with Crippen LogP contribution in [0.3, 0.4) is 0 Å². The van der Waals surface area contributed by atoms with Crippen LogP contribution in [0.2, 0.25) is 0 Å². The number of nitrogens with zero attached hydrogens (tertiary/aromatic N) is 1. The maximum absolute atomic E-state index is 15.2. The van der Waals surface area contributed by atoms with E-state index in [1.165, 1.54) is 34.6 Å². The summed E-state index contributed by atoms with van der Waals surface area (Å²) in [5.41, 5.74) is 23.8. The van der Waals surface area contributed by atoms with Crippen molar-refractivity contribution in [2.45, 2.75) is 276 Å². The summed E-state index contributed by atoms with van der Waals surface area (Å²) < 4.78 is 0. The Hall–Kier alpha value is -11.4. The minimum Gasteiger partial charge on any atom is -0.481 e. The average Bonchev–Trinajstić information content (AvgIpc) is 0.800. The van der Waals surface area contributed by atoms with E-state index in [2.05, 4.69) is 58.5 Å². The predicted molar refractivity (Wildman–Crippen MR) is 422 cm³/mol. The first-order valence-corrected chi connectivity index (χ1v) is 38.9. The number of carbonyl (C=O) groups excluding carboxylic acids is 14. The van der Waals surface area contributed by atoms with Crippen molar-refractivity contribution in [1.29, 1.82) is 0 Å². The van der Waals surface area contributed by atoms with E-state index in [9.17, 15) is 127 Å². The summed E-state index contributed by atoms with van der Waals surface area (Å²) in [5, 5.41) is 113. The molecule has 676 valence electrons. The number of primary amides is 1. The van der Waals surface area contributed by atoms with E-state index >= 15 is 4.79 Å². The number of nitrogens with two attached hydrogens (primary N) is 4. The number of hydrogen-bond acceptors (Lipinski definition) is 26. The Morgan fingerprint density at radius 3 is 1.23 bits per heavy atom. The van der Waals surface area contributed by atoms with Crippen molar-refractivity contribution < 1.29 is 142 Å². The molecular formula is C75H122N16O29. The molecule has 0 aliphatic carbocycles. The number of unbranched alkanes of at least 4 members (excludes halogenated alkanes) is 1. The second-order valence-electron chi connectivity index (χ2n) is 29.9. The molecule has 0 aliphatic rings. The van der Waals surface area contributed by atoms with E-state index in [0.29, 0.717) is 24.9 Å². The SMILES string of the molecule is CC(=O)O.CCC(C)C(NC(=O)C(CCC(=O)O)NC(=O)C(CCC(=O)O)NC(=O)C(NC(=O)C(N)CCCCN)C(C)O)C(=O)NC(CO)C(=O)NC(CCC(=O)O)C(=O)NC(C(=O)NC(CC(N)=O)C(=O)N(C(=O)CC(O)C(N)CC(C)C)C(C(=O)NC(C)C(=O)NC(CCC(=O)O)C(=O)NC(Cc1ccccc1)C(=O)O)C(C)C)C(C)C. The monoisotopic (exact) mass is 1710 g/mol. The van der Waals surface area contributed by atoms with Crippen LogP contribution in [0.1, 0.15) is 178 Å². The molecule has 0 saturated carbocycles. The standard InChI is InChI=1S/C73H118N16O27.C2H4O2/c1-11-37(8)58(87-66(108)46(23-27-56(101)102)80-63(105)44(21-25-54(97)98)82-70(112)59(39(10)91)88-62(104)41(75)19-15-16-28-74)69(111)85-49(33-90)67(109)81-45(22-26-55(99)100)65(107)86-57(35(4)5)68(110)83-47(31-51(77)93)72(114)89(52(94)32-50(92)42(76)29-34(2)3)60(36(6)7)71(113)78-38(9)61(103)79-43(20-24-53(95)96)64(106)84-48(73(115)116)30-40-17-13-12-14-18-40;1-2(3)4/h12-14,17-18,34-39,41-50,57-60,90-92H,11,15-16,19-33,74-76H2,1-10H3,(H2,77,93)(H,78,113)(H,79,103)(H,80,105)(H,81,109)(H,82,112)(H,83,110)(H,84,106)(H,85,111)(H,86,107)(H,87,108)(H,88,104)(H,95,96)(H,97,98)(H,99,100)(H,101,102)(H,115,116);1H3,(H,3,4). The molecule has 0 spiro atoms. The van der Waals surface area contributed by atoms with E-state index in [4.69, 9.17) is 32.8 Å². The van der Waals surface area contributed by atoms with Crippen molar-refractivity contribution in [2.24, 2.45) is 46.6 Å². The molecule has 45 nitrogen and oxygen atoms in total. The number of benzene rings is 1. The van der Waals surface area contributed by atoms with Crippen LogP contribution >= 0.6 is 0 Å². The highest BCUT2D eigenvalue weighted by molar-refractivity contribution is 6.06. The third-order valence-electron chi connectivity index (χ3n) is 18.3. The third kappa shape index (κ3) is 41.3. The number of amides is 14. The quantitative estimate of drug-likeness (QED) is 0.0270. The molecule has 17 atom stereocenters. The van der Waals surface area contributed by atoms with Gasteiger partial charge in [-0.05, 0) is 94.6 Å². The van der Waals surface area contributed by atoms with Gasteiger partial charge in [0.25, 0.3) is 11.9 Å². The normalized spacial score (nSPS) is 15.4. The number of rotatable bonds is 56. The van der Waals surface area contributed by atoms with Crippen LogP contribution in [-0.2, 0) is 102 Å². The highest BCUT2D eigenvalue weighted by atomic mass is 16.4. The number of imide groups is 1. The van der Waals surface area contributed by atoms with Crippen LogP contribution in [0.5, 0.6) is 0 Å². The molecule has 0 bridgehead atoms. The van der Waals surface area contributed by atoms with E-state index in [0.717, 1.165) is 20.8 Å². The van der Waals surface area contributed by atoms with Gasteiger partial charge in [-0.2, -0.15) is 0 Å². The third-order valence-corrected chi connectivity index (χ3v) is 18.3. The van der Waals surface area contributed by atoms with Crippen molar-refractivity contribution in [3.05, 3.63) is 35.9 Å². The molecule has 0 heterocycles. The second-order valence-corrected chi connectivity index (χ2v) is 29.9. The van der Waals surface area contributed by atoms with Crippen LogP contribution < -0.4 is 81.4 Å². The van der Waals surface area contributed by atoms with Gasteiger partial charge in [-0.15, -0.1) is 0 Å². The molecule has 45 heteroatoms. The van der Waals surface area contributed by atoms with Crippen LogP contribution in [0.15, 0.2) is 30.3 Å². The van der Waals surface area contributed by atoms with Gasteiger partial charge < -0.3 is 127 Å². The lowest BCUT2D eigenvalue weighted by atomic mass is 9.95. The van der Waals surface area contributed by atoms with Gasteiger partial charge in [0.2, 0.25) is 76.8 Å². The molecule has 1 aromatic rings. The van der Waals surface area contributed by atoms with Crippen molar-refractivity contribution >= 4 is 119 Å². The second kappa shape index (κ2) is 55.4. The topological polar surface area (TPSA) is 763 Å². The number of hydrogen-bond donors (Lipinski definition) is 24. The first-order valence-electron chi connectivity index (χ1n) is 38.9. The van der Waals surface area contributed by atoms with Crippen LogP contribution in [-0.4, -0.2) is 279 Å². The van der Waals surface area contributed by atoms with Gasteiger partial charge in [0.05, 0.1) is 37.7 Å². The van der Waals surface area contributed by atoms with Gasteiger partial charge in [0, 0.05) is 45.1 Å². The molecule has 1 rings (SSSR count). The average molecular weight is 1710 g/mol. The first-order chi connectivity index (χ1) is 55.8. The fourth-order valence-corrected chi connectivity index (χ4v) is 11.5. The zero-order valence-electron chi connectivity index (χ0n) is 69.1. The number of carboxylic acids is 6. The van der Waals surface area contributed by atoms with Gasteiger partial charge in [-0.25, -0.2) is 4.79 Å². The fourth-order valence-electron chi connectivity index (χ4n) is 11.5. The predicted octanol–water partition coefficient (Wildman–Crippen LogP) is -5.87. The lowest BCUT2D eigenvalue weighted by Gasteiger charge is -2.36. The number of nitrogens with one attached hydrogen (secondary N) is 11. The number of aliphatic carboxylic acids is 6. The van der Waals surface area contributed by atoms with Crippen LogP contribution in [0, 0.1) is 23.7 Å². The summed E-state index contributed by atoms with van der Waals surface area (Å²) in [5.74, 6) is -29.5. The Kier molecular flexibility index (Phi) is 50.1. The van der Waals surface area contributed by atoms with Crippen molar-refractivity contribution in [2.75, 3.05) is 13.2 Å². The van der Waals surface area contributed by atoms with E-state index in [-0.39, 0.29) is 36.5 Å². The molecule has 1 aromatic carbocycles. The van der Waals surface area contributed by atoms with Gasteiger partial charge in [0.15, 0.2) is 0 Å². The van der Waals surface area contributed by atoms with Crippen molar-refractivity contribution in [1.82, 2.24) is 63.4 Å². The largest absolute Gasteiger partial charge is 0.481 e. The number of carbonyl (C=O) groups is 20. The molecular weight excluding hydrogens is 1590 g/mol. The summed E-state index contributed by atoms with van der Waals surface area (Å²) in [6, 6.07) is -16.9.